The van der Waals surface area contributed by atoms with Crippen molar-refractivity contribution in [2.24, 2.45) is 0 Å². The van der Waals surface area contributed by atoms with E-state index in [9.17, 15) is 0 Å². The lowest BCUT2D eigenvalue weighted by Gasteiger charge is -2.37. The lowest BCUT2D eigenvalue weighted by atomic mass is 10.00. The summed E-state index contributed by atoms with van der Waals surface area (Å²) in [6, 6.07) is 0. The largest absolute Gasteiger partial charge is 0.378 e. The van der Waals surface area contributed by atoms with Crippen LogP contribution in [-0.4, -0.2) is 58.3 Å². The quantitative estimate of drug-likeness (QED) is 0.873. The third-order valence-electron chi connectivity index (χ3n) is 5.65. The lowest BCUT2D eigenvalue weighted by Crippen LogP contribution is -2.43. The standard InChI is InChI=1S/C19H27N7O/c1-4-19(2,3)26-6-5-14-15(13-11-21-17(20)22-12-13)23-18(24-16(14)26)25-7-9-27-10-8-25/h11-12H,4-10H2,1-3H3,(H2,20,21,22). The number of nitrogen functional groups attached to an aromatic ring is 1. The van der Waals surface area contributed by atoms with Gasteiger partial charge in [0.1, 0.15) is 5.82 Å². The Morgan fingerprint density at radius 3 is 2.48 bits per heavy atom. The molecule has 0 atom stereocenters. The Kier molecular flexibility index (Phi) is 4.59. The first-order chi connectivity index (χ1) is 13.0. The second-order valence-electron chi connectivity index (χ2n) is 7.67. The average molecular weight is 369 g/mol. The predicted octanol–water partition coefficient (Wildman–Crippen LogP) is 1.90. The normalized spacial score (nSPS) is 17.3. The van der Waals surface area contributed by atoms with Gasteiger partial charge < -0.3 is 20.3 Å². The highest BCUT2D eigenvalue weighted by Crippen LogP contribution is 2.39. The number of nitrogens with zero attached hydrogens (tertiary/aromatic N) is 6. The molecule has 1 saturated heterocycles. The molecule has 0 spiro atoms. The van der Waals surface area contributed by atoms with Crippen LogP contribution in [0.15, 0.2) is 12.4 Å². The number of anilines is 3. The fourth-order valence-corrected chi connectivity index (χ4v) is 3.63. The van der Waals surface area contributed by atoms with Gasteiger partial charge in [0.25, 0.3) is 0 Å². The summed E-state index contributed by atoms with van der Waals surface area (Å²) >= 11 is 0. The van der Waals surface area contributed by atoms with Crippen molar-refractivity contribution >= 4 is 17.7 Å². The number of morpholine rings is 1. The molecule has 0 bridgehead atoms. The van der Waals surface area contributed by atoms with Crippen molar-refractivity contribution in [3.05, 3.63) is 18.0 Å². The smallest absolute Gasteiger partial charge is 0.228 e. The van der Waals surface area contributed by atoms with Crippen molar-refractivity contribution in [1.82, 2.24) is 19.9 Å². The minimum atomic E-state index is 0.0385. The van der Waals surface area contributed by atoms with E-state index in [0.717, 1.165) is 55.5 Å². The van der Waals surface area contributed by atoms with Gasteiger partial charge in [-0.25, -0.2) is 15.0 Å². The number of rotatable bonds is 4. The Bertz CT molecular complexity index is 816. The molecule has 2 N–H and O–H groups in total. The Hall–Kier alpha value is -2.48. The highest BCUT2D eigenvalue weighted by molar-refractivity contribution is 5.73. The SMILES string of the molecule is CCC(C)(C)N1CCc2c(-c3cnc(N)nc3)nc(N3CCOCC3)nc21. The number of hydrogen-bond donors (Lipinski definition) is 1. The van der Waals surface area contributed by atoms with E-state index in [1.807, 2.05) is 0 Å². The molecule has 4 heterocycles. The summed E-state index contributed by atoms with van der Waals surface area (Å²) in [5.74, 6) is 2.06. The maximum absolute atomic E-state index is 5.68. The Morgan fingerprint density at radius 1 is 1.11 bits per heavy atom. The van der Waals surface area contributed by atoms with Gasteiger partial charge in [-0.1, -0.05) is 6.92 Å². The maximum atomic E-state index is 5.68. The fourth-order valence-electron chi connectivity index (χ4n) is 3.63. The molecule has 8 heteroatoms. The number of nitrogens with two attached hydrogens (primary N) is 1. The van der Waals surface area contributed by atoms with Crippen LogP contribution in [0, 0.1) is 0 Å². The van der Waals surface area contributed by atoms with E-state index in [1.165, 1.54) is 5.56 Å². The Morgan fingerprint density at radius 2 is 1.81 bits per heavy atom. The summed E-state index contributed by atoms with van der Waals surface area (Å²) in [6.07, 6.45) is 5.47. The van der Waals surface area contributed by atoms with E-state index in [2.05, 4.69) is 40.5 Å². The van der Waals surface area contributed by atoms with Crippen molar-refractivity contribution in [1.29, 1.82) is 0 Å². The van der Waals surface area contributed by atoms with Crippen molar-refractivity contribution in [3.63, 3.8) is 0 Å². The molecule has 2 aliphatic rings. The van der Waals surface area contributed by atoms with Crippen molar-refractivity contribution in [2.75, 3.05) is 48.4 Å². The molecule has 2 aliphatic heterocycles. The summed E-state index contributed by atoms with van der Waals surface area (Å²) in [5, 5.41) is 0. The monoisotopic (exact) mass is 369 g/mol. The summed E-state index contributed by atoms with van der Waals surface area (Å²) in [7, 11) is 0. The van der Waals surface area contributed by atoms with E-state index >= 15 is 0 Å². The van der Waals surface area contributed by atoms with Crippen LogP contribution in [0.4, 0.5) is 17.7 Å². The number of hydrogen-bond acceptors (Lipinski definition) is 8. The maximum Gasteiger partial charge on any atom is 0.228 e. The molecule has 0 aromatic carbocycles. The molecule has 0 amide bonds. The second kappa shape index (κ2) is 6.92. The van der Waals surface area contributed by atoms with E-state index < -0.39 is 0 Å². The number of ether oxygens (including phenoxy) is 1. The number of fused-ring (bicyclic) bond motifs is 1. The Labute approximate surface area is 159 Å². The van der Waals surface area contributed by atoms with Gasteiger partial charge in [0.15, 0.2) is 0 Å². The molecular weight excluding hydrogens is 342 g/mol. The first-order valence-electron chi connectivity index (χ1n) is 9.59. The van der Waals surface area contributed by atoms with Gasteiger partial charge in [0.2, 0.25) is 11.9 Å². The van der Waals surface area contributed by atoms with E-state index in [1.54, 1.807) is 12.4 Å². The van der Waals surface area contributed by atoms with Gasteiger partial charge in [0.05, 0.1) is 18.9 Å². The zero-order chi connectivity index (χ0) is 19.0. The van der Waals surface area contributed by atoms with E-state index in [0.29, 0.717) is 13.2 Å². The molecule has 2 aromatic heterocycles. The van der Waals surface area contributed by atoms with Gasteiger partial charge in [0, 0.05) is 48.7 Å². The third kappa shape index (κ3) is 3.29. The molecule has 4 rings (SSSR count). The predicted molar refractivity (Wildman–Crippen MR) is 106 cm³/mol. The van der Waals surface area contributed by atoms with Crippen LogP contribution in [0.3, 0.4) is 0 Å². The van der Waals surface area contributed by atoms with Crippen LogP contribution in [0.5, 0.6) is 0 Å². The molecule has 0 saturated carbocycles. The summed E-state index contributed by atoms with van der Waals surface area (Å²) in [6.45, 7) is 10.7. The van der Waals surface area contributed by atoms with Crippen LogP contribution < -0.4 is 15.5 Å². The zero-order valence-corrected chi connectivity index (χ0v) is 16.3. The van der Waals surface area contributed by atoms with Crippen molar-refractivity contribution in [3.8, 4) is 11.3 Å². The van der Waals surface area contributed by atoms with E-state index in [4.69, 9.17) is 20.4 Å². The van der Waals surface area contributed by atoms with Crippen molar-refractivity contribution < 1.29 is 4.74 Å². The molecule has 2 aromatic rings. The molecule has 0 unspecified atom stereocenters. The Balaban J connectivity index is 1.84. The van der Waals surface area contributed by atoms with Gasteiger partial charge in [-0.15, -0.1) is 0 Å². The fraction of sp³-hybridized carbons (Fsp3) is 0.579. The topological polar surface area (TPSA) is 93.3 Å². The van der Waals surface area contributed by atoms with Crippen LogP contribution in [-0.2, 0) is 11.2 Å². The molecule has 27 heavy (non-hydrogen) atoms. The van der Waals surface area contributed by atoms with Crippen LogP contribution >= 0.6 is 0 Å². The van der Waals surface area contributed by atoms with Gasteiger partial charge in [-0.3, -0.25) is 0 Å². The number of aromatic nitrogens is 4. The molecule has 8 nitrogen and oxygen atoms in total. The second-order valence-corrected chi connectivity index (χ2v) is 7.67. The molecule has 1 fully saturated rings. The van der Waals surface area contributed by atoms with Crippen LogP contribution in [0.25, 0.3) is 11.3 Å². The van der Waals surface area contributed by atoms with Crippen LogP contribution in [0.2, 0.25) is 0 Å². The summed E-state index contributed by atoms with van der Waals surface area (Å²) in [5.41, 5.74) is 8.68. The average Bonchev–Trinajstić information content (AvgIpc) is 3.13. The zero-order valence-electron chi connectivity index (χ0n) is 16.3. The van der Waals surface area contributed by atoms with E-state index in [-0.39, 0.29) is 11.5 Å². The highest BCUT2D eigenvalue weighted by Gasteiger charge is 2.35. The van der Waals surface area contributed by atoms with Gasteiger partial charge in [-0.05, 0) is 26.7 Å². The van der Waals surface area contributed by atoms with Gasteiger partial charge >= 0.3 is 0 Å². The molecule has 144 valence electrons. The first kappa shape index (κ1) is 17.9. The van der Waals surface area contributed by atoms with Gasteiger partial charge in [-0.2, -0.15) is 4.98 Å². The lowest BCUT2D eigenvalue weighted by molar-refractivity contribution is 0.122. The van der Waals surface area contributed by atoms with Crippen LogP contribution in [0.1, 0.15) is 32.8 Å². The highest BCUT2D eigenvalue weighted by atomic mass is 16.5. The third-order valence-corrected chi connectivity index (χ3v) is 5.65. The minimum absolute atomic E-state index is 0.0385. The summed E-state index contributed by atoms with van der Waals surface area (Å²) < 4.78 is 5.49. The molecule has 0 radical (unpaired) electrons. The molecular formula is C19H27N7O. The molecule has 0 aliphatic carbocycles. The first-order valence-corrected chi connectivity index (χ1v) is 9.59. The minimum Gasteiger partial charge on any atom is -0.378 e. The summed E-state index contributed by atoms with van der Waals surface area (Å²) in [4.78, 5) is 22.9. The van der Waals surface area contributed by atoms with Crippen molar-refractivity contribution in [2.45, 2.75) is 39.2 Å².